The van der Waals surface area contributed by atoms with Crippen LogP contribution >= 0.6 is 12.4 Å². The van der Waals surface area contributed by atoms with Gasteiger partial charge in [-0.05, 0) is 12.8 Å². The summed E-state index contributed by atoms with van der Waals surface area (Å²) in [6.07, 6.45) is 1.54. The number of carbonyl (C=O) groups is 2. The van der Waals surface area contributed by atoms with Crippen LogP contribution in [-0.4, -0.2) is 54.3 Å². The van der Waals surface area contributed by atoms with Crippen molar-refractivity contribution >= 4 is 24.2 Å². The molecule has 1 heterocycles. The Labute approximate surface area is 134 Å². The van der Waals surface area contributed by atoms with Crippen molar-refractivity contribution in [2.75, 3.05) is 32.7 Å². The van der Waals surface area contributed by atoms with Crippen molar-refractivity contribution in [2.24, 2.45) is 17.1 Å². The van der Waals surface area contributed by atoms with Gasteiger partial charge in [0, 0.05) is 38.6 Å². The van der Waals surface area contributed by atoms with Gasteiger partial charge in [0.1, 0.15) is 0 Å². The molecule has 21 heavy (non-hydrogen) atoms. The molecule has 0 aliphatic carbocycles. The topological polar surface area (TPSA) is 66.6 Å². The van der Waals surface area contributed by atoms with Gasteiger partial charge in [-0.15, -0.1) is 12.4 Å². The number of carbonyl (C=O) groups excluding carboxylic acids is 2. The lowest BCUT2D eigenvalue weighted by atomic mass is 9.81. The van der Waals surface area contributed by atoms with Crippen LogP contribution in [0.5, 0.6) is 0 Å². The fourth-order valence-corrected chi connectivity index (χ4v) is 2.76. The molecule has 2 amide bonds. The molecular weight excluding hydrogens is 290 g/mol. The molecule has 0 saturated carbocycles. The minimum atomic E-state index is -0.426. The van der Waals surface area contributed by atoms with Crippen LogP contribution < -0.4 is 5.73 Å². The van der Waals surface area contributed by atoms with Crippen molar-refractivity contribution in [1.29, 1.82) is 0 Å². The highest BCUT2D eigenvalue weighted by molar-refractivity contribution is 5.85. The third kappa shape index (κ3) is 4.33. The number of piperazine rings is 1. The largest absolute Gasteiger partial charge is 0.339 e. The Morgan fingerprint density at radius 3 is 1.81 bits per heavy atom. The Kier molecular flexibility index (Phi) is 8.26. The van der Waals surface area contributed by atoms with Crippen LogP contribution in [0, 0.1) is 11.3 Å². The zero-order valence-electron chi connectivity index (χ0n) is 13.7. The van der Waals surface area contributed by atoms with E-state index in [9.17, 15) is 9.59 Å². The molecule has 0 aromatic heterocycles. The first-order valence-corrected chi connectivity index (χ1v) is 7.70. The van der Waals surface area contributed by atoms with E-state index in [1.165, 1.54) is 0 Å². The standard InChI is InChI=1S/C15H29N3O2.ClH/c1-5-15(6-2,11-16)14(20)18-9-7-17(8-10-18)13(19)12(3)4;/h12H,5-11,16H2,1-4H3;1H. The molecule has 2 N–H and O–H groups in total. The quantitative estimate of drug-likeness (QED) is 0.835. The Bertz CT molecular complexity index is 341. The molecule has 124 valence electrons. The first kappa shape index (κ1) is 20.2. The van der Waals surface area contributed by atoms with E-state index in [0.717, 1.165) is 12.8 Å². The summed E-state index contributed by atoms with van der Waals surface area (Å²) in [6, 6.07) is 0. The van der Waals surface area contributed by atoms with Gasteiger partial charge in [0.05, 0.1) is 5.41 Å². The highest BCUT2D eigenvalue weighted by Gasteiger charge is 2.38. The van der Waals surface area contributed by atoms with E-state index < -0.39 is 5.41 Å². The monoisotopic (exact) mass is 319 g/mol. The Morgan fingerprint density at radius 1 is 1.05 bits per heavy atom. The fourth-order valence-electron chi connectivity index (χ4n) is 2.76. The summed E-state index contributed by atoms with van der Waals surface area (Å²) >= 11 is 0. The van der Waals surface area contributed by atoms with Crippen molar-refractivity contribution < 1.29 is 9.59 Å². The second kappa shape index (κ2) is 8.59. The number of amides is 2. The number of hydrogen-bond donors (Lipinski definition) is 1. The first-order valence-electron chi connectivity index (χ1n) is 7.70. The van der Waals surface area contributed by atoms with E-state index in [1.807, 2.05) is 37.5 Å². The summed E-state index contributed by atoms with van der Waals surface area (Å²) < 4.78 is 0. The van der Waals surface area contributed by atoms with Gasteiger partial charge in [-0.1, -0.05) is 27.7 Å². The SMILES string of the molecule is CCC(CC)(CN)C(=O)N1CCN(C(=O)C(C)C)CC1.Cl. The molecular formula is C15H30ClN3O2. The zero-order chi connectivity index (χ0) is 15.3. The average molecular weight is 320 g/mol. The van der Waals surface area contributed by atoms with Crippen molar-refractivity contribution in [3.63, 3.8) is 0 Å². The number of hydrogen-bond acceptors (Lipinski definition) is 3. The van der Waals surface area contributed by atoms with E-state index >= 15 is 0 Å². The van der Waals surface area contributed by atoms with Crippen LogP contribution in [-0.2, 0) is 9.59 Å². The summed E-state index contributed by atoms with van der Waals surface area (Å²) in [5.41, 5.74) is 5.41. The third-order valence-corrected chi connectivity index (χ3v) is 4.57. The molecule has 0 aromatic rings. The summed E-state index contributed by atoms with van der Waals surface area (Å²) in [5, 5.41) is 0. The number of nitrogens with two attached hydrogens (primary N) is 1. The molecule has 1 aliphatic heterocycles. The Morgan fingerprint density at radius 2 is 1.48 bits per heavy atom. The Hall–Kier alpha value is -0.810. The molecule has 0 unspecified atom stereocenters. The molecule has 1 aliphatic rings. The maximum atomic E-state index is 12.7. The van der Waals surface area contributed by atoms with Crippen molar-refractivity contribution in [2.45, 2.75) is 40.5 Å². The predicted molar refractivity (Wildman–Crippen MR) is 87.3 cm³/mol. The summed E-state index contributed by atoms with van der Waals surface area (Å²) in [4.78, 5) is 28.3. The van der Waals surface area contributed by atoms with Gasteiger partial charge >= 0.3 is 0 Å². The van der Waals surface area contributed by atoms with E-state index in [0.29, 0.717) is 32.7 Å². The van der Waals surface area contributed by atoms with Gasteiger partial charge in [0.15, 0.2) is 0 Å². The maximum absolute atomic E-state index is 12.7. The van der Waals surface area contributed by atoms with Gasteiger partial charge in [-0.2, -0.15) is 0 Å². The molecule has 5 nitrogen and oxygen atoms in total. The number of nitrogens with zero attached hydrogens (tertiary/aromatic N) is 2. The molecule has 0 atom stereocenters. The van der Waals surface area contributed by atoms with Gasteiger partial charge in [-0.25, -0.2) is 0 Å². The van der Waals surface area contributed by atoms with Gasteiger partial charge < -0.3 is 15.5 Å². The second-order valence-electron chi connectivity index (χ2n) is 5.96. The lowest BCUT2D eigenvalue weighted by Gasteiger charge is -2.40. The highest BCUT2D eigenvalue weighted by atomic mass is 35.5. The average Bonchev–Trinajstić information content (AvgIpc) is 2.48. The minimum Gasteiger partial charge on any atom is -0.339 e. The van der Waals surface area contributed by atoms with E-state index in [2.05, 4.69) is 0 Å². The smallest absolute Gasteiger partial charge is 0.230 e. The molecule has 0 aromatic carbocycles. The third-order valence-electron chi connectivity index (χ3n) is 4.57. The van der Waals surface area contributed by atoms with Crippen LogP contribution in [0.4, 0.5) is 0 Å². The van der Waals surface area contributed by atoms with Crippen LogP contribution in [0.3, 0.4) is 0 Å². The normalized spacial score (nSPS) is 15.9. The second-order valence-corrected chi connectivity index (χ2v) is 5.96. The molecule has 1 fully saturated rings. The van der Waals surface area contributed by atoms with Crippen molar-refractivity contribution in [1.82, 2.24) is 9.80 Å². The molecule has 0 bridgehead atoms. The van der Waals surface area contributed by atoms with E-state index in [-0.39, 0.29) is 30.1 Å². The van der Waals surface area contributed by atoms with Gasteiger partial charge in [0.2, 0.25) is 11.8 Å². The van der Waals surface area contributed by atoms with Crippen molar-refractivity contribution in [3.05, 3.63) is 0 Å². The molecule has 6 heteroatoms. The summed E-state index contributed by atoms with van der Waals surface area (Å²) in [5.74, 6) is 0.349. The van der Waals surface area contributed by atoms with Crippen molar-refractivity contribution in [3.8, 4) is 0 Å². The summed E-state index contributed by atoms with van der Waals surface area (Å²) in [6.45, 7) is 10.8. The zero-order valence-corrected chi connectivity index (χ0v) is 14.5. The lowest BCUT2D eigenvalue weighted by molar-refractivity contribution is -0.148. The van der Waals surface area contributed by atoms with Gasteiger partial charge in [-0.3, -0.25) is 9.59 Å². The fraction of sp³-hybridized carbons (Fsp3) is 0.867. The van der Waals surface area contributed by atoms with Crippen LogP contribution in [0.15, 0.2) is 0 Å². The van der Waals surface area contributed by atoms with E-state index in [1.54, 1.807) is 0 Å². The number of rotatable bonds is 5. The maximum Gasteiger partial charge on any atom is 0.230 e. The first-order chi connectivity index (χ1) is 9.41. The van der Waals surface area contributed by atoms with Crippen LogP contribution in [0.1, 0.15) is 40.5 Å². The van der Waals surface area contributed by atoms with Crippen LogP contribution in [0.2, 0.25) is 0 Å². The molecule has 1 saturated heterocycles. The van der Waals surface area contributed by atoms with E-state index in [4.69, 9.17) is 5.73 Å². The predicted octanol–water partition coefficient (Wildman–Crippen LogP) is 1.50. The highest BCUT2D eigenvalue weighted by Crippen LogP contribution is 2.28. The lowest BCUT2D eigenvalue weighted by Crippen LogP contribution is -2.56. The minimum absolute atomic E-state index is 0. The van der Waals surface area contributed by atoms with Gasteiger partial charge in [0.25, 0.3) is 0 Å². The Balaban J connectivity index is 0.00000400. The summed E-state index contributed by atoms with van der Waals surface area (Å²) in [7, 11) is 0. The molecule has 0 spiro atoms. The van der Waals surface area contributed by atoms with Crippen LogP contribution in [0.25, 0.3) is 0 Å². The number of halogens is 1. The molecule has 1 rings (SSSR count). The molecule has 0 radical (unpaired) electrons.